The van der Waals surface area contributed by atoms with E-state index in [1.54, 1.807) is 43.6 Å². The van der Waals surface area contributed by atoms with Crippen LogP contribution in [0.4, 0.5) is 5.69 Å². The lowest BCUT2D eigenvalue weighted by molar-refractivity contribution is -0.115. The van der Waals surface area contributed by atoms with Crippen molar-refractivity contribution in [2.75, 3.05) is 17.7 Å². The fourth-order valence-corrected chi connectivity index (χ4v) is 4.26. The molecule has 8 nitrogen and oxygen atoms in total. The number of hydrogen-bond donors (Lipinski definition) is 1. The molecule has 9 heteroatoms. The van der Waals surface area contributed by atoms with Gasteiger partial charge in [0.05, 0.1) is 29.8 Å². The van der Waals surface area contributed by atoms with Crippen molar-refractivity contribution in [3.63, 3.8) is 0 Å². The summed E-state index contributed by atoms with van der Waals surface area (Å²) in [4.78, 5) is 27.1. The van der Waals surface area contributed by atoms with Gasteiger partial charge in [0.15, 0.2) is 5.16 Å². The summed E-state index contributed by atoms with van der Waals surface area (Å²) in [5, 5.41) is 12.2. The number of furan rings is 1. The van der Waals surface area contributed by atoms with Gasteiger partial charge in [-0.15, -0.1) is 10.2 Å². The Morgan fingerprint density at radius 2 is 2.03 bits per heavy atom. The van der Waals surface area contributed by atoms with Gasteiger partial charge in [0.25, 0.3) is 5.91 Å². The zero-order chi connectivity index (χ0) is 21.8. The van der Waals surface area contributed by atoms with Gasteiger partial charge in [0.2, 0.25) is 5.91 Å². The van der Waals surface area contributed by atoms with Gasteiger partial charge < -0.3 is 19.2 Å². The molecule has 0 saturated heterocycles. The van der Waals surface area contributed by atoms with Crippen LogP contribution in [0.3, 0.4) is 0 Å². The Bertz CT molecular complexity index is 1060. The quantitative estimate of drug-likeness (QED) is 0.513. The summed E-state index contributed by atoms with van der Waals surface area (Å²) in [7, 11) is 1.68. The topological polar surface area (TPSA) is 93.3 Å². The highest BCUT2D eigenvalue weighted by molar-refractivity contribution is 7.99. The SMILES string of the molecule is CCn1c(SCC(=O)N(C)c2ccccc2C(=O)NCc2ccco2)nnc1C1CC1. The van der Waals surface area contributed by atoms with Gasteiger partial charge >= 0.3 is 0 Å². The van der Waals surface area contributed by atoms with Gasteiger partial charge in [-0.25, -0.2) is 0 Å². The second-order valence-electron chi connectivity index (χ2n) is 7.38. The van der Waals surface area contributed by atoms with E-state index in [0.717, 1.165) is 30.4 Å². The Hall–Kier alpha value is -3.07. The molecule has 1 saturated carbocycles. The smallest absolute Gasteiger partial charge is 0.253 e. The number of aromatic nitrogens is 3. The molecule has 4 rings (SSSR count). The summed E-state index contributed by atoms with van der Waals surface area (Å²) >= 11 is 1.38. The van der Waals surface area contributed by atoms with E-state index >= 15 is 0 Å². The minimum atomic E-state index is -0.265. The van der Waals surface area contributed by atoms with Crippen molar-refractivity contribution in [1.29, 1.82) is 0 Å². The van der Waals surface area contributed by atoms with E-state index in [4.69, 9.17) is 4.42 Å². The van der Waals surface area contributed by atoms with Crippen LogP contribution in [-0.2, 0) is 17.9 Å². The maximum atomic E-state index is 12.9. The number of amides is 2. The van der Waals surface area contributed by atoms with Crippen molar-refractivity contribution in [2.45, 2.75) is 43.9 Å². The van der Waals surface area contributed by atoms with Crippen molar-refractivity contribution in [1.82, 2.24) is 20.1 Å². The number of thioether (sulfide) groups is 1. The average molecular weight is 440 g/mol. The van der Waals surface area contributed by atoms with E-state index < -0.39 is 0 Å². The Morgan fingerprint density at radius 3 is 2.74 bits per heavy atom. The molecule has 2 aromatic heterocycles. The van der Waals surface area contributed by atoms with Crippen LogP contribution >= 0.6 is 11.8 Å². The van der Waals surface area contributed by atoms with Gasteiger partial charge in [0, 0.05) is 19.5 Å². The number of carbonyl (C=O) groups is 2. The average Bonchev–Trinajstić information content (AvgIpc) is 3.34. The minimum absolute atomic E-state index is 0.116. The van der Waals surface area contributed by atoms with Crippen molar-refractivity contribution in [2.24, 2.45) is 0 Å². The molecular formula is C22H25N5O3S. The molecule has 162 valence electrons. The van der Waals surface area contributed by atoms with E-state index in [1.165, 1.54) is 16.7 Å². The first-order valence-corrected chi connectivity index (χ1v) is 11.3. The van der Waals surface area contributed by atoms with Crippen molar-refractivity contribution < 1.29 is 14.0 Å². The summed E-state index contributed by atoms with van der Waals surface area (Å²) in [6.07, 6.45) is 3.87. The van der Waals surface area contributed by atoms with Crippen molar-refractivity contribution in [3.05, 3.63) is 59.8 Å². The van der Waals surface area contributed by atoms with Crippen LogP contribution in [0, 0.1) is 0 Å². The predicted octanol–water partition coefficient (Wildman–Crippen LogP) is 3.45. The zero-order valence-corrected chi connectivity index (χ0v) is 18.4. The van der Waals surface area contributed by atoms with Gasteiger partial charge in [-0.05, 0) is 44.0 Å². The van der Waals surface area contributed by atoms with Crippen LogP contribution < -0.4 is 10.2 Å². The molecule has 31 heavy (non-hydrogen) atoms. The Kier molecular flexibility index (Phi) is 6.41. The summed E-state index contributed by atoms with van der Waals surface area (Å²) < 4.78 is 7.34. The molecule has 2 amide bonds. The summed E-state index contributed by atoms with van der Waals surface area (Å²) in [6, 6.07) is 10.6. The number of rotatable bonds is 9. The first-order valence-electron chi connectivity index (χ1n) is 10.3. The van der Waals surface area contributed by atoms with E-state index in [2.05, 4.69) is 27.0 Å². The largest absolute Gasteiger partial charge is 0.467 e. The molecule has 0 atom stereocenters. The number of carbonyl (C=O) groups excluding carboxylic acids is 2. The summed E-state index contributed by atoms with van der Waals surface area (Å²) in [6.45, 7) is 3.12. The molecular weight excluding hydrogens is 414 g/mol. The number of nitrogens with one attached hydrogen (secondary N) is 1. The molecule has 0 unspecified atom stereocenters. The predicted molar refractivity (Wildman–Crippen MR) is 118 cm³/mol. The minimum Gasteiger partial charge on any atom is -0.467 e. The molecule has 1 fully saturated rings. The van der Waals surface area contributed by atoms with Gasteiger partial charge in [-0.1, -0.05) is 23.9 Å². The highest BCUT2D eigenvalue weighted by atomic mass is 32.2. The van der Waals surface area contributed by atoms with Crippen LogP contribution in [0.5, 0.6) is 0 Å². The third-order valence-electron chi connectivity index (χ3n) is 5.22. The first kappa shape index (κ1) is 21.2. The van der Waals surface area contributed by atoms with Gasteiger partial charge in [-0.2, -0.15) is 0 Å². The Labute approximate surface area is 185 Å². The third-order valence-corrected chi connectivity index (χ3v) is 6.17. The normalized spacial score (nSPS) is 13.2. The van der Waals surface area contributed by atoms with E-state index in [9.17, 15) is 9.59 Å². The molecule has 0 radical (unpaired) electrons. The molecule has 0 spiro atoms. The molecule has 0 bridgehead atoms. The van der Waals surface area contributed by atoms with E-state index in [0.29, 0.717) is 22.9 Å². The number of para-hydroxylation sites is 1. The number of hydrogen-bond acceptors (Lipinski definition) is 6. The molecule has 3 aromatic rings. The Balaban J connectivity index is 1.41. The fourth-order valence-electron chi connectivity index (χ4n) is 3.34. The highest BCUT2D eigenvalue weighted by Gasteiger charge is 2.30. The van der Waals surface area contributed by atoms with Gasteiger partial charge in [-0.3, -0.25) is 9.59 Å². The lowest BCUT2D eigenvalue weighted by Crippen LogP contribution is -2.31. The van der Waals surface area contributed by atoms with Gasteiger partial charge in [0.1, 0.15) is 11.6 Å². The molecule has 2 heterocycles. The monoisotopic (exact) mass is 439 g/mol. The highest BCUT2D eigenvalue weighted by Crippen LogP contribution is 2.40. The molecule has 1 aromatic carbocycles. The molecule has 0 aliphatic heterocycles. The molecule has 1 N–H and O–H groups in total. The standard InChI is InChI=1S/C22H25N5O3S/c1-3-27-20(15-10-11-15)24-25-22(27)31-14-19(28)26(2)18-9-5-4-8-17(18)21(29)23-13-16-7-6-12-30-16/h4-9,12,15H,3,10-11,13-14H2,1-2H3,(H,23,29). The first-order chi connectivity index (χ1) is 15.1. The van der Waals surface area contributed by atoms with Crippen molar-refractivity contribution in [3.8, 4) is 0 Å². The summed E-state index contributed by atoms with van der Waals surface area (Å²) in [5.41, 5.74) is 0.989. The van der Waals surface area contributed by atoms with E-state index in [-0.39, 0.29) is 24.1 Å². The van der Waals surface area contributed by atoms with Crippen LogP contribution in [0.15, 0.2) is 52.2 Å². The third kappa shape index (κ3) is 4.82. The van der Waals surface area contributed by atoms with Crippen LogP contribution in [0.1, 0.15) is 47.6 Å². The molecule has 1 aliphatic rings. The lowest BCUT2D eigenvalue weighted by atomic mass is 10.1. The van der Waals surface area contributed by atoms with Crippen LogP contribution in [0.2, 0.25) is 0 Å². The fraction of sp³-hybridized carbons (Fsp3) is 0.364. The van der Waals surface area contributed by atoms with Crippen LogP contribution in [0.25, 0.3) is 0 Å². The number of benzene rings is 1. The van der Waals surface area contributed by atoms with E-state index in [1.807, 2.05) is 6.07 Å². The lowest BCUT2D eigenvalue weighted by Gasteiger charge is -2.20. The number of anilines is 1. The second-order valence-corrected chi connectivity index (χ2v) is 8.32. The Morgan fingerprint density at radius 1 is 1.23 bits per heavy atom. The zero-order valence-electron chi connectivity index (χ0n) is 17.6. The molecule has 1 aliphatic carbocycles. The van der Waals surface area contributed by atoms with Crippen LogP contribution in [-0.4, -0.2) is 39.4 Å². The maximum Gasteiger partial charge on any atom is 0.253 e. The van der Waals surface area contributed by atoms with Crippen molar-refractivity contribution >= 4 is 29.3 Å². The number of nitrogens with zero attached hydrogens (tertiary/aromatic N) is 4. The summed E-state index contributed by atoms with van der Waals surface area (Å²) in [5.74, 6) is 2.02. The maximum absolute atomic E-state index is 12.9. The second kappa shape index (κ2) is 9.38.